The Bertz CT molecular complexity index is 160. The lowest BCUT2D eigenvalue weighted by Gasteiger charge is -2.21. The smallest absolute Gasteiger partial charge is 0.0726 e. The molecular formula is C12H23NO. The molecule has 2 fully saturated rings. The Morgan fingerprint density at radius 3 is 2.64 bits per heavy atom. The average Bonchev–Trinajstić information content (AvgIpc) is 2.87. The number of hydrogen-bond donors (Lipinski definition) is 1. The number of rotatable bonds is 4. The van der Waals surface area contributed by atoms with Gasteiger partial charge in [0.05, 0.1) is 6.10 Å². The van der Waals surface area contributed by atoms with Gasteiger partial charge in [-0.2, -0.15) is 0 Å². The Labute approximate surface area is 87.4 Å². The van der Waals surface area contributed by atoms with Gasteiger partial charge in [-0.05, 0) is 45.1 Å². The van der Waals surface area contributed by atoms with Crippen molar-refractivity contribution in [3.8, 4) is 0 Å². The van der Waals surface area contributed by atoms with Crippen LogP contribution in [0.2, 0.25) is 0 Å². The second kappa shape index (κ2) is 5.13. The standard InChI is InChI=1S/C12H23NO/c1-10(12-7-4-8-14-12)13-9-11-5-2-3-6-11/h10-13H,2-9H2,1H3. The van der Waals surface area contributed by atoms with Gasteiger partial charge in [-0.15, -0.1) is 0 Å². The predicted molar refractivity (Wildman–Crippen MR) is 58.4 cm³/mol. The minimum absolute atomic E-state index is 0.483. The van der Waals surface area contributed by atoms with Crippen LogP contribution < -0.4 is 5.32 Å². The van der Waals surface area contributed by atoms with Gasteiger partial charge < -0.3 is 10.1 Å². The summed E-state index contributed by atoms with van der Waals surface area (Å²) in [5.74, 6) is 0.943. The largest absolute Gasteiger partial charge is 0.377 e. The van der Waals surface area contributed by atoms with Crippen LogP contribution >= 0.6 is 0 Å². The summed E-state index contributed by atoms with van der Waals surface area (Å²) in [6.07, 6.45) is 8.74. The molecule has 0 bridgehead atoms. The molecule has 2 nitrogen and oxygen atoms in total. The highest BCUT2D eigenvalue weighted by molar-refractivity contribution is 4.78. The van der Waals surface area contributed by atoms with Crippen molar-refractivity contribution < 1.29 is 4.74 Å². The molecule has 1 heterocycles. The molecule has 14 heavy (non-hydrogen) atoms. The lowest BCUT2D eigenvalue weighted by Crippen LogP contribution is -2.39. The Morgan fingerprint density at radius 1 is 1.21 bits per heavy atom. The predicted octanol–water partition coefficient (Wildman–Crippen LogP) is 2.33. The number of hydrogen-bond acceptors (Lipinski definition) is 2. The highest BCUT2D eigenvalue weighted by Crippen LogP contribution is 2.24. The summed E-state index contributed by atoms with van der Waals surface area (Å²) in [6, 6.07) is 0.554. The van der Waals surface area contributed by atoms with Gasteiger partial charge in [0.1, 0.15) is 0 Å². The lowest BCUT2D eigenvalue weighted by molar-refractivity contribution is 0.0824. The van der Waals surface area contributed by atoms with E-state index in [1.54, 1.807) is 0 Å². The molecule has 1 saturated heterocycles. The van der Waals surface area contributed by atoms with Crippen LogP contribution in [-0.4, -0.2) is 25.3 Å². The van der Waals surface area contributed by atoms with Gasteiger partial charge in [-0.25, -0.2) is 0 Å². The molecule has 2 atom stereocenters. The Hall–Kier alpha value is -0.0800. The third kappa shape index (κ3) is 2.71. The van der Waals surface area contributed by atoms with Gasteiger partial charge in [-0.1, -0.05) is 12.8 Å². The maximum Gasteiger partial charge on any atom is 0.0726 e. The van der Waals surface area contributed by atoms with Gasteiger partial charge in [0.15, 0.2) is 0 Å². The third-order valence-electron chi connectivity index (χ3n) is 3.73. The molecule has 2 unspecified atom stereocenters. The number of nitrogens with one attached hydrogen (secondary N) is 1. The van der Waals surface area contributed by atoms with Gasteiger partial charge in [-0.3, -0.25) is 0 Å². The first kappa shape index (κ1) is 10.4. The van der Waals surface area contributed by atoms with E-state index in [0.29, 0.717) is 12.1 Å². The third-order valence-corrected chi connectivity index (χ3v) is 3.73. The van der Waals surface area contributed by atoms with Gasteiger partial charge in [0, 0.05) is 12.6 Å². The van der Waals surface area contributed by atoms with Gasteiger partial charge in [0.2, 0.25) is 0 Å². The molecule has 0 aromatic heterocycles. The van der Waals surface area contributed by atoms with E-state index in [9.17, 15) is 0 Å². The average molecular weight is 197 g/mol. The lowest BCUT2D eigenvalue weighted by atomic mass is 10.1. The zero-order valence-electron chi connectivity index (χ0n) is 9.30. The summed E-state index contributed by atoms with van der Waals surface area (Å²) < 4.78 is 5.67. The summed E-state index contributed by atoms with van der Waals surface area (Å²) in [5.41, 5.74) is 0. The van der Waals surface area contributed by atoms with Crippen LogP contribution in [0, 0.1) is 5.92 Å². The monoisotopic (exact) mass is 197 g/mol. The minimum Gasteiger partial charge on any atom is -0.377 e. The molecule has 0 radical (unpaired) electrons. The van der Waals surface area contributed by atoms with E-state index in [1.807, 2.05) is 0 Å². The summed E-state index contributed by atoms with van der Waals surface area (Å²) in [6.45, 7) is 4.45. The molecule has 2 aliphatic rings. The first-order chi connectivity index (χ1) is 6.86. The van der Waals surface area contributed by atoms with E-state index in [-0.39, 0.29) is 0 Å². The maximum absolute atomic E-state index is 5.67. The fourth-order valence-electron chi connectivity index (χ4n) is 2.70. The summed E-state index contributed by atoms with van der Waals surface area (Å²) in [7, 11) is 0. The molecule has 82 valence electrons. The summed E-state index contributed by atoms with van der Waals surface area (Å²) >= 11 is 0. The Kier molecular flexibility index (Phi) is 3.82. The molecular weight excluding hydrogens is 174 g/mol. The van der Waals surface area contributed by atoms with Crippen LogP contribution in [-0.2, 0) is 4.74 Å². The fourth-order valence-corrected chi connectivity index (χ4v) is 2.70. The van der Waals surface area contributed by atoms with Crippen molar-refractivity contribution in [2.24, 2.45) is 5.92 Å². The van der Waals surface area contributed by atoms with Crippen molar-refractivity contribution in [2.75, 3.05) is 13.2 Å². The fraction of sp³-hybridized carbons (Fsp3) is 1.00. The Balaban J connectivity index is 1.63. The maximum atomic E-state index is 5.67. The van der Waals surface area contributed by atoms with E-state index in [0.717, 1.165) is 12.5 Å². The van der Waals surface area contributed by atoms with Crippen LogP contribution in [0.3, 0.4) is 0 Å². The minimum atomic E-state index is 0.483. The van der Waals surface area contributed by atoms with E-state index in [1.165, 1.54) is 45.1 Å². The topological polar surface area (TPSA) is 21.3 Å². The first-order valence-corrected chi connectivity index (χ1v) is 6.21. The van der Waals surface area contributed by atoms with Crippen molar-refractivity contribution in [1.82, 2.24) is 5.32 Å². The highest BCUT2D eigenvalue weighted by Gasteiger charge is 2.23. The molecule has 1 saturated carbocycles. The van der Waals surface area contributed by atoms with E-state index >= 15 is 0 Å². The van der Waals surface area contributed by atoms with E-state index < -0.39 is 0 Å². The zero-order chi connectivity index (χ0) is 9.80. The SMILES string of the molecule is CC(NCC1CCCC1)C1CCCO1. The van der Waals surface area contributed by atoms with Gasteiger partial charge >= 0.3 is 0 Å². The quantitative estimate of drug-likeness (QED) is 0.747. The molecule has 1 N–H and O–H groups in total. The van der Waals surface area contributed by atoms with Crippen molar-refractivity contribution in [3.63, 3.8) is 0 Å². The van der Waals surface area contributed by atoms with Crippen LogP contribution in [0.4, 0.5) is 0 Å². The van der Waals surface area contributed by atoms with Crippen LogP contribution in [0.1, 0.15) is 45.4 Å². The normalized spacial score (nSPS) is 31.1. The Morgan fingerprint density at radius 2 is 2.00 bits per heavy atom. The number of ether oxygens (including phenoxy) is 1. The molecule has 2 heteroatoms. The molecule has 0 amide bonds. The van der Waals surface area contributed by atoms with Crippen molar-refractivity contribution >= 4 is 0 Å². The van der Waals surface area contributed by atoms with Gasteiger partial charge in [0.25, 0.3) is 0 Å². The molecule has 1 aliphatic heterocycles. The van der Waals surface area contributed by atoms with E-state index in [2.05, 4.69) is 12.2 Å². The molecule has 0 spiro atoms. The van der Waals surface area contributed by atoms with Crippen LogP contribution in [0.15, 0.2) is 0 Å². The molecule has 1 aliphatic carbocycles. The highest BCUT2D eigenvalue weighted by atomic mass is 16.5. The molecule has 0 aromatic carbocycles. The first-order valence-electron chi connectivity index (χ1n) is 6.21. The van der Waals surface area contributed by atoms with Crippen LogP contribution in [0.25, 0.3) is 0 Å². The summed E-state index contributed by atoms with van der Waals surface area (Å²) in [5, 5.41) is 3.64. The van der Waals surface area contributed by atoms with Crippen LogP contribution in [0.5, 0.6) is 0 Å². The van der Waals surface area contributed by atoms with E-state index in [4.69, 9.17) is 4.74 Å². The van der Waals surface area contributed by atoms with Crippen molar-refractivity contribution in [2.45, 2.75) is 57.6 Å². The summed E-state index contributed by atoms with van der Waals surface area (Å²) in [4.78, 5) is 0. The zero-order valence-corrected chi connectivity index (χ0v) is 9.30. The van der Waals surface area contributed by atoms with Crippen molar-refractivity contribution in [1.29, 1.82) is 0 Å². The second-order valence-corrected chi connectivity index (χ2v) is 4.90. The molecule has 0 aromatic rings. The second-order valence-electron chi connectivity index (χ2n) is 4.90. The van der Waals surface area contributed by atoms with Crippen molar-refractivity contribution in [3.05, 3.63) is 0 Å². The molecule has 2 rings (SSSR count).